The first-order valence-corrected chi connectivity index (χ1v) is 7.62. The third-order valence-electron chi connectivity index (χ3n) is 3.96. The average Bonchev–Trinajstić information content (AvgIpc) is 3.23. The van der Waals surface area contributed by atoms with Gasteiger partial charge in [-0.25, -0.2) is 0 Å². The number of nitrogens with one attached hydrogen (secondary N) is 1. The van der Waals surface area contributed by atoms with Crippen LogP contribution in [0.15, 0.2) is 47.0 Å². The molecule has 1 heterocycles. The van der Waals surface area contributed by atoms with Gasteiger partial charge in [0.1, 0.15) is 0 Å². The maximum atomic E-state index is 13.1. The molecule has 0 unspecified atom stereocenters. The standard InChI is InChI=1S/C17H15F3N2O3/c18-17(19,20)13-4-2-1-3-12(13)15-8-14(22-25-15)16(24)21-11-6-5-10(7-11)9-23/h1-6,8,10-11,23H,7,9H2,(H,21,24)/t10-,11+/m0/s1. The zero-order valence-electron chi connectivity index (χ0n) is 13.0. The number of aliphatic hydroxyl groups is 1. The number of hydrogen-bond acceptors (Lipinski definition) is 4. The summed E-state index contributed by atoms with van der Waals surface area (Å²) in [4.78, 5) is 12.2. The summed E-state index contributed by atoms with van der Waals surface area (Å²) in [5, 5.41) is 15.3. The lowest BCUT2D eigenvalue weighted by Gasteiger charge is -2.11. The predicted octanol–water partition coefficient (Wildman–Crippen LogP) is 3.03. The van der Waals surface area contributed by atoms with E-state index in [0.29, 0.717) is 6.42 Å². The molecule has 0 saturated heterocycles. The maximum Gasteiger partial charge on any atom is 0.417 e. The van der Waals surface area contributed by atoms with E-state index >= 15 is 0 Å². The van der Waals surface area contributed by atoms with Crippen LogP contribution in [0.25, 0.3) is 11.3 Å². The minimum Gasteiger partial charge on any atom is -0.396 e. The first kappa shape index (κ1) is 17.2. The highest BCUT2D eigenvalue weighted by atomic mass is 19.4. The molecule has 132 valence electrons. The normalized spacial score (nSPS) is 20.0. The highest BCUT2D eigenvalue weighted by molar-refractivity contribution is 5.93. The van der Waals surface area contributed by atoms with Gasteiger partial charge in [-0.15, -0.1) is 0 Å². The lowest BCUT2D eigenvalue weighted by Crippen LogP contribution is -2.33. The fraction of sp³-hybridized carbons (Fsp3) is 0.294. The zero-order valence-corrected chi connectivity index (χ0v) is 13.0. The highest BCUT2D eigenvalue weighted by Gasteiger charge is 2.34. The van der Waals surface area contributed by atoms with Gasteiger partial charge in [-0.05, 0) is 12.5 Å². The number of amides is 1. The first-order chi connectivity index (χ1) is 11.9. The Kier molecular flexibility index (Phi) is 4.63. The van der Waals surface area contributed by atoms with Gasteiger partial charge in [-0.3, -0.25) is 4.79 Å². The lowest BCUT2D eigenvalue weighted by molar-refractivity contribution is -0.137. The van der Waals surface area contributed by atoms with Crippen LogP contribution in [0.2, 0.25) is 0 Å². The van der Waals surface area contributed by atoms with Crippen molar-refractivity contribution in [1.82, 2.24) is 10.5 Å². The summed E-state index contributed by atoms with van der Waals surface area (Å²) in [6.07, 6.45) is -0.416. The summed E-state index contributed by atoms with van der Waals surface area (Å²) < 4.78 is 44.2. The Balaban J connectivity index is 1.77. The second-order valence-electron chi connectivity index (χ2n) is 5.76. The fourth-order valence-corrected chi connectivity index (χ4v) is 2.71. The minimum atomic E-state index is -4.54. The molecule has 0 radical (unpaired) electrons. The van der Waals surface area contributed by atoms with Crippen LogP contribution in [-0.4, -0.2) is 28.8 Å². The maximum absolute atomic E-state index is 13.1. The Labute approximate surface area is 141 Å². The van der Waals surface area contributed by atoms with Gasteiger partial charge in [0.15, 0.2) is 11.5 Å². The zero-order chi connectivity index (χ0) is 18.0. The molecule has 1 aromatic carbocycles. The molecule has 1 aromatic heterocycles. The Morgan fingerprint density at radius 1 is 1.32 bits per heavy atom. The van der Waals surface area contributed by atoms with Crippen molar-refractivity contribution in [3.05, 3.63) is 53.7 Å². The molecule has 2 atom stereocenters. The van der Waals surface area contributed by atoms with Crippen molar-refractivity contribution in [2.75, 3.05) is 6.61 Å². The third-order valence-corrected chi connectivity index (χ3v) is 3.96. The number of aromatic nitrogens is 1. The van der Waals surface area contributed by atoms with Crippen LogP contribution in [0.1, 0.15) is 22.5 Å². The number of aliphatic hydroxyl groups excluding tert-OH is 1. The Morgan fingerprint density at radius 2 is 2.08 bits per heavy atom. The predicted molar refractivity (Wildman–Crippen MR) is 82.5 cm³/mol. The highest BCUT2D eigenvalue weighted by Crippen LogP contribution is 2.37. The van der Waals surface area contributed by atoms with Gasteiger partial charge in [0.25, 0.3) is 5.91 Å². The molecule has 2 N–H and O–H groups in total. The van der Waals surface area contributed by atoms with Gasteiger partial charge in [-0.2, -0.15) is 13.2 Å². The molecule has 0 bridgehead atoms. The molecule has 8 heteroatoms. The van der Waals surface area contributed by atoms with Crippen molar-refractivity contribution < 1.29 is 27.6 Å². The van der Waals surface area contributed by atoms with E-state index in [4.69, 9.17) is 9.63 Å². The van der Waals surface area contributed by atoms with Gasteiger partial charge < -0.3 is 14.9 Å². The van der Waals surface area contributed by atoms with Gasteiger partial charge in [0.2, 0.25) is 0 Å². The van der Waals surface area contributed by atoms with Crippen LogP contribution < -0.4 is 5.32 Å². The summed E-state index contributed by atoms with van der Waals surface area (Å²) in [5.74, 6) is -0.696. The SMILES string of the molecule is O=C(N[C@@H]1C=C[C@H](CO)C1)c1cc(-c2ccccc2C(F)(F)F)on1. The van der Waals surface area contributed by atoms with E-state index in [2.05, 4.69) is 10.5 Å². The van der Waals surface area contributed by atoms with Crippen molar-refractivity contribution in [1.29, 1.82) is 0 Å². The molecule has 0 fully saturated rings. The summed E-state index contributed by atoms with van der Waals surface area (Å²) in [6, 6.07) is 5.85. The molecule has 2 aromatic rings. The van der Waals surface area contributed by atoms with Crippen LogP contribution in [0.4, 0.5) is 13.2 Å². The smallest absolute Gasteiger partial charge is 0.396 e. The van der Waals surface area contributed by atoms with Crippen LogP contribution in [0.3, 0.4) is 0 Å². The molecule has 1 amide bonds. The number of halogens is 3. The van der Waals surface area contributed by atoms with Gasteiger partial charge in [0, 0.05) is 30.2 Å². The molecule has 1 aliphatic rings. The van der Waals surface area contributed by atoms with Crippen LogP contribution in [-0.2, 0) is 6.18 Å². The van der Waals surface area contributed by atoms with Crippen LogP contribution in [0, 0.1) is 5.92 Å². The van der Waals surface area contributed by atoms with Crippen molar-refractivity contribution in [3.8, 4) is 11.3 Å². The summed E-state index contributed by atoms with van der Waals surface area (Å²) in [7, 11) is 0. The Morgan fingerprint density at radius 3 is 2.76 bits per heavy atom. The van der Waals surface area contributed by atoms with Crippen molar-refractivity contribution >= 4 is 5.91 Å². The third kappa shape index (κ3) is 3.74. The summed E-state index contributed by atoms with van der Waals surface area (Å²) in [6.45, 7) is -0.00872. The van der Waals surface area contributed by atoms with Crippen molar-refractivity contribution in [2.45, 2.75) is 18.6 Å². The van der Waals surface area contributed by atoms with E-state index in [1.54, 1.807) is 12.2 Å². The van der Waals surface area contributed by atoms with Gasteiger partial charge in [-0.1, -0.05) is 35.5 Å². The van der Waals surface area contributed by atoms with E-state index in [1.165, 1.54) is 24.3 Å². The Bertz CT molecular complexity index is 798. The van der Waals surface area contributed by atoms with E-state index in [-0.39, 0.29) is 35.6 Å². The fourth-order valence-electron chi connectivity index (χ4n) is 2.71. The molecule has 25 heavy (non-hydrogen) atoms. The molecular formula is C17H15F3N2O3. The van der Waals surface area contributed by atoms with Crippen molar-refractivity contribution in [3.63, 3.8) is 0 Å². The number of carbonyl (C=O) groups excluding carboxylic acids is 1. The second-order valence-corrected chi connectivity index (χ2v) is 5.76. The monoisotopic (exact) mass is 352 g/mol. The molecule has 5 nitrogen and oxygen atoms in total. The summed E-state index contributed by atoms with van der Waals surface area (Å²) in [5.41, 5.74) is -1.14. The molecule has 1 aliphatic carbocycles. The lowest BCUT2D eigenvalue weighted by atomic mass is 10.0. The van der Waals surface area contributed by atoms with E-state index in [1.807, 2.05) is 0 Å². The van der Waals surface area contributed by atoms with Crippen LogP contribution in [0.5, 0.6) is 0 Å². The van der Waals surface area contributed by atoms with E-state index < -0.39 is 17.6 Å². The Hall–Kier alpha value is -2.61. The molecule has 0 saturated carbocycles. The minimum absolute atomic E-state index is 0.00872. The largest absolute Gasteiger partial charge is 0.417 e. The molecule has 3 rings (SSSR count). The van der Waals surface area contributed by atoms with Gasteiger partial charge >= 0.3 is 6.18 Å². The van der Waals surface area contributed by atoms with Crippen LogP contribution >= 0.6 is 0 Å². The number of hydrogen-bond donors (Lipinski definition) is 2. The van der Waals surface area contributed by atoms with Gasteiger partial charge in [0.05, 0.1) is 5.56 Å². The quantitative estimate of drug-likeness (QED) is 0.830. The van der Waals surface area contributed by atoms with Crippen molar-refractivity contribution in [2.24, 2.45) is 5.92 Å². The van der Waals surface area contributed by atoms with E-state index in [9.17, 15) is 18.0 Å². The topological polar surface area (TPSA) is 75.4 Å². The number of nitrogens with zero attached hydrogens (tertiary/aromatic N) is 1. The number of benzene rings is 1. The molecular weight excluding hydrogens is 337 g/mol. The van der Waals surface area contributed by atoms with E-state index in [0.717, 1.165) is 6.07 Å². The average molecular weight is 352 g/mol. The second kappa shape index (κ2) is 6.72. The molecule has 0 aliphatic heterocycles. The number of alkyl halides is 3. The first-order valence-electron chi connectivity index (χ1n) is 7.62. The number of rotatable bonds is 4. The summed E-state index contributed by atoms with van der Waals surface area (Å²) >= 11 is 0. The molecule has 0 spiro atoms. The number of carbonyl (C=O) groups is 1.